The van der Waals surface area contributed by atoms with Gasteiger partial charge in [0.15, 0.2) is 0 Å². The molecule has 0 aromatic rings. The molecule has 0 heterocycles. The zero-order valence-electron chi connectivity index (χ0n) is 9.92. The zero-order valence-corrected chi connectivity index (χ0v) is 9.92. The average molecular weight is 230 g/mol. The number of hydrogen-bond acceptors (Lipinski definition) is 4. The van der Waals surface area contributed by atoms with Gasteiger partial charge in [-0.2, -0.15) is 0 Å². The van der Waals surface area contributed by atoms with Crippen molar-refractivity contribution in [1.29, 1.82) is 0 Å². The molecule has 0 aromatic carbocycles. The molecule has 0 spiro atoms. The third kappa shape index (κ3) is 15.2. The van der Waals surface area contributed by atoms with Crippen LogP contribution < -0.4 is 0 Å². The van der Waals surface area contributed by atoms with E-state index in [9.17, 15) is 19.2 Å². The first-order valence-corrected chi connectivity index (χ1v) is 4.68. The first-order valence-electron chi connectivity index (χ1n) is 4.68. The third-order valence-electron chi connectivity index (χ3n) is 1.72. The van der Waals surface area contributed by atoms with Crippen molar-refractivity contribution < 1.29 is 19.2 Å². The fraction of sp³-hybridized carbons (Fsp3) is 0.667. The second kappa shape index (κ2) is 10.2. The smallest absolute Gasteiger partial charge is 0.139 e. The summed E-state index contributed by atoms with van der Waals surface area (Å²) in [6.07, 6.45) is 0.0833. The van der Waals surface area contributed by atoms with Crippen LogP contribution in [-0.4, -0.2) is 23.1 Å². The highest BCUT2D eigenvalue weighted by atomic mass is 16.2. The molecule has 0 aliphatic carbocycles. The number of rotatable bonds is 4. The first kappa shape index (κ1) is 20.1. The number of hydrogen-bond donors (Lipinski definition) is 0. The van der Waals surface area contributed by atoms with E-state index in [4.69, 9.17) is 0 Å². The Bertz CT molecular complexity index is 240. The number of carbonyl (C=O) groups excluding carboxylic acids is 4. The molecule has 0 amide bonds. The first-order chi connectivity index (χ1) is 6.68. The normalized spacial score (nSPS) is 8.38. The van der Waals surface area contributed by atoms with Gasteiger partial charge >= 0.3 is 0 Å². The summed E-state index contributed by atoms with van der Waals surface area (Å²) in [5.41, 5.74) is 0. The molecule has 0 unspecified atom stereocenters. The number of Topliss-reactive ketones (excluding diaryl/α,β-unsaturated/α-hetero) is 4. The molecule has 0 fully saturated rings. The summed E-state index contributed by atoms with van der Waals surface area (Å²) < 4.78 is 0. The van der Waals surface area contributed by atoms with Gasteiger partial charge in [0.1, 0.15) is 23.1 Å². The Morgan fingerprint density at radius 1 is 0.812 bits per heavy atom. The lowest BCUT2D eigenvalue weighted by atomic mass is 10.0. The van der Waals surface area contributed by atoms with Crippen LogP contribution in [-0.2, 0) is 19.2 Å². The van der Waals surface area contributed by atoms with Crippen LogP contribution in [0.4, 0.5) is 0 Å². The molecule has 0 N–H and O–H groups in total. The summed E-state index contributed by atoms with van der Waals surface area (Å²) >= 11 is 0. The van der Waals surface area contributed by atoms with Crippen molar-refractivity contribution in [3.05, 3.63) is 0 Å². The molecule has 16 heavy (non-hydrogen) atoms. The Hall–Kier alpha value is -1.32. The summed E-state index contributed by atoms with van der Waals surface area (Å²) in [6.45, 7) is 7.27. The summed E-state index contributed by atoms with van der Waals surface area (Å²) in [5.74, 6) is -0.648. The second-order valence-corrected chi connectivity index (χ2v) is 3.52. The van der Waals surface area contributed by atoms with E-state index >= 15 is 0 Å². The van der Waals surface area contributed by atoms with Gasteiger partial charge in [-0.15, -0.1) is 0 Å². The lowest BCUT2D eigenvalue weighted by molar-refractivity contribution is -0.130. The quantitative estimate of drug-likeness (QED) is 0.692. The van der Waals surface area contributed by atoms with Gasteiger partial charge in [0.2, 0.25) is 0 Å². The molecule has 0 bridgehead atoms. The van der Waals surface area contributed by atoms with Gasteiger partial charge in [-0.1, -0.05) is 7.43 Å². The highest BCUT2D eigenvalue weighted by Crippen LogP contribution is 1.95. The van der Waals surface area contributed by atoms with Gasteiger partial charge in [-0.05, 0) is 34.6 Å². The minimum atomic E-state index is -0.407. The van der Waals surface area contributed by atoms with E-state index < -0.39 is 5.92 Å². The highest BCUT2D eigenvalue weighted by Gasteiger charge is 2.11. The van der Waals surface area contributed by atoms with E-state index in [1.54, 1.807) is 6.92 Å². The monoisotopic (exact) mass is 230 g/mol. The van der Waals surface area contributed by atoms with Gasteiger partial charge in [0, 0.05) is 0 Å². The Balaban J connectivity index is -0.000000200. The molecule has 4 nitrogen and oxygen atoms in total. The van der Waals surface area contributed by atoms with E-state index in [-0.39, 0.29) is 37.0 Å². The van der Waals surface area contributed by atoms with Gasteiger partial charge < -0.3 is 0 Å². The van der Waals surface area contributed by atoms with Crippen LogP contribution in [0.15, 0.2) is 0 Å². The van der Waals surface area contributed by atoms with E-state index in [0.29, 0.717) is 0 Å². The summed E-state index contributed by atoms with van der Waals surface area (Å²) in [4.78, 5) is 40.8. The van der Waals surface area contributed by atoms with Crippen LogP contribution in [0.3, 0.4) is 0 Å². The SMILES string of the molecule is C.CC(=O)C(C)C(C)=O.CC(=O)CC(C)=O. The Morgan fingerprint density at radius 2 is 1.06 bits per heavy atom. The standard InChI is InChI=1S/C6H10O2.C5H8O2.CH4/c1-4(5(2)7)6(3)8;1-4(6)3-5(2)7;/h4H,1-3H3;3H2,1-2H3;1H4. The molecule has 0 rings (SSSR count). The van der Waals surface area contributed by atoms with E-state index in [1.165, 1.54) is 27.7 Å². The van der Waals surface area contributed by atoms with Crippen molar-refractivity contribution in [3.8, 4) is 0 Å². The van der Waals surface area contributed by atoms with Crippen molar-refractivity contribution in [2.24, 2.45) is 5.92 Å². The largest absolute Gasteiger partial charge is 0.300 e. The number of carbonyl (C=O) groups is 4. The highest BCUT2D eigenvalue weighted by molar-refractivity contribution is 5.99. The van der Waals surface area contributed by atoms with Crippen molar-refractivity contribution in [3.63, 3.8) is 0 Å². The molecule has 0 aromatic heterocycles. The predicted octanol–water partition coefficient (Wildman–Crippen LogP) is 1.99. The molecule has 0 atom stereocenters. The lowest BCUT2D eigenvalue weighted by Crippen LogP contribution is -2.14. The molecular weight excluding hydrogens is 208 g/mol. The summed E-state index contributed by atoms with van der Waals surface area (Å²) in [6, 6.07) is 0. The molecular formula is C12H22O4. The minimum Gasteiger partial charge on any atom is -0.300 e. The topological polar surface area (TPSA) is 68.3 Å². The molecule has 0 radical (unpaired) electrons. The average Bonchev–Trinajstić information content (AvgIpc) is 2.00. The van der Waals surface area contributed by atoms with Crippen LogP contribution in [0.1, 0.15) is 48.5 Å². The fourth-order valence-electron chi connectivity index (χ4n) is 0.637. The van der Waals surface area contributed by atoms with Crippen molar-refractivity contribution in [2.75, 3.05) is 0 Å². The Kier molecular flexibility index (Phi) is 12.8. The lowest BCUT2D eigenvalue weighted by Gasteiger charge is -1.97. The van der Waals surface area contributed by atoms with Crippen LogP contribution >= 0.6 is 0 Å². The van der Waals surface area contributed by atoms with Crippen molar-refractivity contribution >= 4 is 23.1 Å². The molecule has 0 aliphatic heterocycles. The Labute approximate surface area is 97.4 Å². The van der Waals surface area contributed by atoms with E-state index in [0.717, 1.165) is 0 Å². The molecule has 0 saturated heterocycles. The van der Waals surface area contributed by atoms with Gasteiger partial charge in [-0.25, -0.2) is 0 Å². The Morgan fingerprint density at radius 3 is 1.06 bits per heavy atom. The van der Waals surface area contributed by atoms with Crippen LogP contribution in [0, 0.1) is 5.92 Å². The maximum Gasteiger partial charge on any atom is 0.139 e. The predicted molar refractivity (Wildman–Crippen MR) is 63.2 cm³/mol. The summed E-state index contributed by atoms with van der Waals surface area (Å²) in [7, 11) is 0. The molecule has 0 aliphatic rings. The van der Waals surface area contributed by atoms with Gasteiger partial charge in [0.25, 0.3) is 0 Å². The third-order valence-corrected chi connectivity index (χ3v) is 1.72. The van der Waals surface area contributed by atoms with Gasteiger partial charge in [0.05, 0.1) is 12.3 Å². The van der Waals surface area contributed by atoms with Crippen LogP contribution in [0.25, 0.3) is 0 Å². The maximum absolute atomic E-state index is 10.4. The summed E-state index contributed by atoms with van der Waals surface area (Å²) in [5, 5.41) is 0. The van der Waals surface area contributed by atoms with Crippen LogP contribution in [0.5, 0.6) is 0 Å². The molecule has 0 saturated carbocycles. The molecule has 94 valence electrons. The van der Waals surface area contributed by atoms with E-state index in [1.807, 2.05) is 0 Å². The maximum atomic E-state index is 10.4. The van der Waals surface area contributed by atoms with Crippen LogP contribution in [0.2, 0.25) is 0 Å². The fourth-order valence-corrected chi connectivity index (χ4v) is 0.637. The zero-order chi connectivity index (χ0) is 12.6. The number of ketones is 4. The molecule has 4 heteroatoms. The van der Waals surface area contributed by atoms with Crippen molar-refractivity contribution in [2.45, 2.75) is 48.5 Å². The minimum absolute atomic E-state index is 0. The van der Waals surface area contributed by atoms with E-state index in [2.05, 4.69) is 0 Å². The van der Waals surface area contributed by atoms with Gasteiger partial charge in [-0.3, -0.25) is 19.2 Å². The van der Waals surface area contributed by atoms with Crippen molar-refractivity contribution in [1.82, 2.24) is 0 Å². The second-order valence-electron chi connectivity index (χ2n) is 3.52.